The Bertz CT molecular complexity index is 208. The highest BCUT2D eigenvalue weighted by Gasteiger charge is 2.13. The van der Waals surface area contributed by atoms with Crippen LogP contribution in [0.3, 0.4) is 0 Å². The SMILES string of the molecule is C=C(/C=C\C=C/C)C1CCNCC1.CC.CC. The van der Waals surface area contributed by atoms with Gasteiger partial charge in [0.05, 0.1) is 0 Å². The zero-order chi connectivity index (χ0) is 13.5. The maximum absolute atomic E-state index is 4.10. The highest BCUT2D eigenvalue weighted by Crippen LogP contribution is 2.20. The molecule has 0 saturated carbocycles. The molecule has 1 heterocycles. The molecule has 0 aromatic rings. The average Bonchev–Trinajstić information content (AvgIpc) is 2.44. The molecule has 0 aromatic heterocycles. The highest BCUT2D eigenvalue weighted by molar-refractivity contribution is 5.21. The molecular weight excluding hydrogens is 206 g/mol. The summed E-state index contributed by atoms with van der Waals surface area (Å²) >= 11 is 0. The molecule has 0 amide bonds. The minimum atomic E-state index is 0.697. The highest BCUT2D eigenvalue weighted by atomic mass is 14.9. The predicted octanol–water partition coefficient (Wildman–Crippen LogP) is 4.73. The number of piperidine rings is 1. The minimum absolute atomic E-state index is 0.697. The normalized spacial score (nSPS) is 16.1. The van der Waals surface area contributed by atoms with Crippen molar-refractivity contribution in [3.8, 4) is 0 Å². The van der Waals surface area contributed by atoms with Crippen LogP contribution in [0.1, 0.15) is 47.5 Å². The van der Waals surface area contributed by atoms with E-state index < -0.39 is 0 Å². The number of allylic oxidation sites excluding steroid dienone is 5. The summed E-state index contributed by atoms with van der Waals surface area (Å²) in [6, 6.07) is 0. The molecule has 1 heteroatoms. The first-order valence-corrected chi connectivity index (χ1v) is 7.03. The van der Waals surface area contributed by atoms with Gasteiger partial charge in [-0.05, 0) is 38.8 Å². The van der Waals surface area contributed by atoms with Crippen LogP contribution in [0.2, 0.25) is 0 Å². The number of rotatable bonds is 3. The van der Waals surface area contributed by atoms with Gasteiger partial charge in [0.2, 0.25) is 0 Å². The third-order valence-electron chi connectivity index (χ3n) is 2.48. The summed E-state index contributed by atoms with van der Waals surface area (Å²) < 4.78 is 0. The molecule has 1 nitrogen and oxygen atoms in total. The Hall–Kier alpha value is -0.820. The third-order valence-corrected chi connectivity index (χ3v) is 2.48. The largest absolute Gasteiger partial charge is 0.317 e. The van der Waals surface area contributed by atoms with Gasteiger partial charge in [-0.1, -0.05) is 64.2 Å². The second kappa shape index (κ2) is 15.2. The van der Waals surface area contributed by atoms with Crippen molar-refractivity contribution in [3.05, 3.63) is 36.5 Å². The van der Waals surface area contributed by atoms with Crippen molar-refractivity contribution in [1.82, 2.24) is 5.32 Å². The Morgan fingerprint density at radius 3 is 2.06 bits per heavy atom. The molecule has 0 bridgehead atoms. The van der Waals surface area contributed by atoms with Crippen LogP contribution in [-0.2, 0) is 0 Å². The van der Waals surface area contributed by atoms with E-state index in [2.05, 4.69) is 24.0 Å². The average molecular weight is 237 g/mol. The lowest BCUT2D eigenvalue weighted by Gasteiger charge is -2.22. The monoisotopic (exact) mass is 237 g/mol. The molecule has 0 spiro atoms. The first-order valence-electron chi connectivity index (χ1n) is 7.03. The first kappa shape index (κ1) is 18.5. The summed E-state index contributed by atoms with van der Waals surface area (Å²) in [4.78, 5) is 0. The van der Waals surface area contributed by atoms with Gasteiger partial charge in [0.25, 0.3) is 0 Å². The lowest BCUT2D eigenvalue weighted by Crippen LogP contribution is -2.28. The van der Waals surface area contributed by atoms with Crippen LogP contribution in [0.25, 0.3) is 0 Å². The van der Waals surface area contributed by atoms with Crippen LogP contribution < -0.4 is 5.32 Å². The summed E-state index contributed by atoms with van der Waals surface area (Å²) in [6.45, 7) is 16.4. The van der Waals surface area contributed by atoms with Gasteiger partial charge < -0.3 is 5.32 Å². The van der Waals surface area contributed by atoms with E-state index in [1.54, 1.807) is 0 Å². The van der Waals surface area contributed by atoms with Crippen LogP contribution in [0, 0.1) is 5.92 Å². The molecule has 0 radical (unpaired) electrons. The van der Waals surface area contributed by atoms with Crippen molar-refractivity contribution in [2.45, 2.75) is 47.5 Å². The second-order valence-electron chi connectivity index (χ2n) is 3.48. The molecular formula is C16H31N. The van der Waals surface area contributed by atoms with Crippen molar-refractivity contribution in [1.29, 1.82) is 0 Å². The van der Waals surface area contributed by atoms with E-state index >= 15 is 0 Å². The molecule has 1 aliphatic rings. The number of hydrogen-bond donors (Lipinski definition) is 1. The van der Waals surface area contributed by atoms with E-state index in [0.29, 0.717) is 5.92 Å². The summed E-state index contributed by atoms with van der Waals surface area (Å²) in [5.41, 5.74) is 1.28. The summed E-state index contributed by atoms with van der Waals surface area (Å²) in [5.74, 6) is 0.697. The van der Waals surface area contributed by atoms with Crippen molar-refractivity contribution in [3.63, 3.8) is 0 Å². The van der Waals surface area contributed by atoms with E-state index in [0.717, 1.165) is 13.1 Å². The molecule has 17 heavy (non-hydrogen) atoms. The molecule has 1 rings (SSSR count). The third kappa shape index (κ3) is 10.1. The number of nitrogens with one attached hydrogen (secondary N) is 1. The Kier molecular flexibility index (Phi) is 16.6. The summed E-state index contributed by atoms with van der Waals surface area (Å²) in [5, 5.41) is 3.36. The fraction of sp³-hybridized carbons (Fsp3) is 0.625. The van der Waals surface area contributed by atoms with Gasteiger partial charge in [-0.25, -0.2) is 0 Å². The van der Waals surface area contributed by atoms with E-state index in [4.69, 9.17) is 0 Å². The minimum Gasteiger partial charge on any atom is -0.317 e. The summed E-state index contributed by atoms with van der Waals surface area (Å²) in [6.07, 6.45) is 10.8. The van der Waals surface area contributed by atoms with Gasteiger partial charge in [-0.2, -0.15) is 0 Å². The van der Waals surface area contributed by atoms with E-state index in [1.807, 2.05) is 46.8 Å². The lowest BCUT2D eigenvalue weighted by atomic mass is 9.91. The van der Waals surface area contributed by atoms with E-state index in [9.17, 15) is 0 Å². The maximum Gasteiger partial charge on any atom is -0.00431 e. The van der Waals surface area contributed by atoms with Crippen molar-refractivity contribution in [2.24, 2.45) is 5.92 Å². The van der Waals surface area contributed by atoms with Crippen LogP contribution in [-0.4, -0.2) is 13.1 Å². The molecule has 1 saturated heterocycles. The van der Waals surface area contributed by atoms with E-state index in [1.165, 1.54) is 18.4 Å². The van der Waals surface area contributed by atoms with Gasteiger partial charge in [-0.3, -0.25) is 0 Å². The Morgan fingerprint density at radius 1 is 1.06 bits per heavy atom. The fourth-order valence-electron chi connectivity index (χ4n) is 1.62. The topological polar surface area (TPSA) is 12.0 Å². The molecule has 100 valence electrons. The molecule has 0 atom stereocenters. The van der Waals surface area contributed by atoms with Crippen LogP contribution in [0.15, 0.2) is 36.5 Å². The standard InChI is InChI=1S/C12H19N.2C2H6/c1-3-4-5-6-11(2)12-7-9-13-10-8-12;2*1-2/h3-6,12-13H,2,7-10H2,1H3;2*1-2H3/b4-3-,6-5-;;. The smallest absolute Gasteiger partial charge is 0.00431 e. The number of hydrogen-bond acceptors (Lipinski definition) is 1. The Morgan fingerprint density at radius 2 is 1.59 bits per heavy atom. The van der Waals surface area contributed by atoms with Gasteiger partial charge in [0, 0.05) is 0 Å². The van der Waals surface area contributed by atoms with Gasteiger partial charge >= 0.3 is 0 Å². The Balaban J connectivity index is 0. The predicted molar refractivity (Wildman–Crippen MR) is 81.4 cm³/mol. The van der Waals surface area contributed by atoms with Crippen LogP contribution in [0.4, 0.5) is 0 Å². The molecule has 0 aromatic carbocycles. The fourth-order valence-corrected chi connectivity index (χ4v) is 1.62. The second-order valence-corrected chi connectivity index (χ2v) is 3.48. The molecule has 0 unspecified atom stereocenters. The van der Waals surface area contributed by atoms with E-state index in [-0.39, 0.29) is 0 Å². The Labute approximate surface area is 109 Å². The lowest BCUT2D eigenvalue weighted by molar-refractivity contribution is 0.426. The van der Waals surface area contributed by atoms with Crippen molar-refractivity contribution < 1.29 is 0 Å². The molecule has 1 fully saturated rings. The quantitative estimate of drug-likeness (QED) is 0.700. The molecule has 1 N–H and O–H groups in total. The van der Waals surface area contributed by atoms with Crippen molar-refractivity contribution in [2.75, 3.05) is 13.1 Å². The van der Waals surface area contributed by atoms with Gasteiger partial charge in [0.15, 0.2) is 0 Å². The van der Waals surface area contributed by atoms with Gasteiger partial charge in [0.1, 0.15) is 0 Å². The molecule has 0 aliphatic carbocycles. The van der Waals surface area contributed by atoms with Crippen molar-refractivity contribution >= 4 is 0 Å². The maximum atomic E-state index is 4.10. The van der Waals surface area contributed by atoms with Crippen LogP contribution in [0.5, 0.6) is 0 Å². The van der Waals surface area contributed by atoms with Crippen LogP contribution >= 0.6 is 0 Å². The zero-order valence-electron chi connectivity index (χ0n) is 12.4. The molecule has 1 aliphatic heterocycles. The zero-order valence-corrected chi connectivity index (χ0v) is 12.4. The first-order chi connectivity index (χ1) is 8.34. The van der Waals surface area contributed by atoms with Gasteiger partial charge in [-0.15, -0.1) is 0 Å². The summed E-state index contributed by atoms with van der Waals surface area (Å²) in [7, 11) is 0.